The Bertz CT molecular complexity index is 1590. The standard InChI is InChI=1S/C33H33N3O2S/c1-22-12-11-16-26(20-22)36-31(38)28-29(27-17-8-7-13-24(27)21-33(28)18-9-4-10-19-33)35-32(36)39-23(2)30(37)34-25-14-5-3-6-15-25/h3,5-8,11-17,20,23H,4,9-10,18-19,21H2,1-2H3,(H,34,37). The highest BCUT2D eigenvalue weighted by atomic mass is 32.2. The van der Waals surface area contributed by atoms with E-state index in [0.29, 0.717) is 5.16 Å². The largest absolute Gasteiger partial charge is 0.325 e. The van der Waals surface area contributed by atoms with Crippen molar-refractivity contribution in [2.24, 2.45) is 0 Å². The minimum absolute atomic E-state index is 0.000158. The zero-order valence-electron chi connectivity index (χ0n) is 22.4. The SMILES string of the molecule is Cc1cccc(-n2c(SC(C)C(=O)Nc3ccccc3)nc3c(c2=O)C2(CCCCC2)Cc2ccccc2-3)c1. The number of fused-ring (bicyclic) bond motifs is 4. The molecule has 0 bridgehead atoms. The number of para-hydroxylation sites is 1. The first-order valence-corrected chi connectivity index (χ1v) is 14.7. The fraction of sp³-hybridized carbons (Fsp3) is 0.303. The number of aryl methyl sites for hydroxylation is 1. The number of hydrogen-bond acceptors (Lipinski definition) is 4. The number of hydrogen-bond donors (Lipinski definition) is 1. The van der Waals surface area contributed by atoms with Gasteiger partial charge < -0.3 is 5.32 Å². The second-order valence-electron chi connectivity index (χ2n) is 10.9. The van der Waals surface area contributed by atoms with Crippen molar-refractivity contribution in [3.8, 4) is 16.9 Å². The van der Waals surface area contributed by atoms with Gasteiger partial charge in [0.15, 0.2) is 5.16 Å². The molecule has 1 unspecified atom stereocenters. The molecule has 1 heterocycles. The van der Waals surface area contributed by atoms with E-state index in [-0.39, 0.29) is 16.9 Å². The van der Waals surface area contributed by atoms with E-state index in [2.05, 4.69) is 23.5 Å². The maximum atomic E-state index is 14.7. The molecule has 198 valence electrons. The summed E-state index contributed by atoms with van der Waals surface area (Å²) in [5.74, 6) is -0.127. The molecule has 6 heteroatoms. The number of amides is 1. The van der Waals surface area contributed by atoms with Crippen molar-refractivity contribution in [2.45, 2.75) is 68.2 Å². The molecular weight excluding hydrogens is 502 g/mol. The van der Waals surface area contributed by atoms with Gasteiger partial charge in [0.05, 0.1) is 22.2 Å². The van der Waals surface area contributed by atoms with Gasteiger partial charge in [-0.05, 0) is 68.5 Å². The Kier molecular flexibility index (Phi) is 6.90. The van der Waals surface area contributed by atoms with Gasteiger partial charge in [-0.25, -0.2) is 4.98 Å². The number of benzene rings is 3. The first kappa shape index (κ1) is 25.6. The van der Waals surface area contributed by atoms with Crippen LogP contribution in [0.15, 0.2) is 88.8 Å². The molecule has 1 saturated carbocycles. The van der Waals surface area contributed by atoms with E-state index in [0.717, 1.165) is 65.9 Å². The Hall–Kier alpha value is -3.64. The fourth-order valence-corrected chi connectivity index (χ4v) is 7.16. The summed E-state index contributed by atoms with van der Waals surface area (Å²) in [4.78, 5) is 33.1. The molecule has 0 saturated heterocycles. The zero-order valence-corrected chi connectivity index (χ0v) is 23.3. The summed E-state index contributed by atoms with van der Waals surface area (Å²) in [6.45, 7) is 3.90. The van der Waals surface area contributed by atoms with Crippen molar-refractivity contribution in [3.63, 3.8) is 0 Å². The maximum Gasteiger partial charge on any atom is 0.263 e. The second kappa shape index (κ2) is 10.5. The highest BCUT2D eigenvalue weighted by molar-refractivity contribution is 8.00. The minimum atomic E-state index is -0.464. The molecule has 2 aliphatic rings. The molecule has 1 aromatic heterocycles. The van der Waals surface area contributed by atoms with Crippen molar-refractivity contribution < 1.29 is 4.79 Å². The monoisotopic (exact) mass is 535 g/mol. The van der Waals surface area contributed by atoms with E-state index in [4.69, 9.17) is 4.98 Å². The Morgan fingerprint density at radius 2 is 1.72 bits per heavy atom. The number of nitrogens with one attached hydrogen (secondary N) is 1. The molecule has 1 N–H and O–H groups in total. The van der Waals surface area contributed by atoms with Crippen molar-refractivity contribution in [1.29, 1.82) is 0 Å². The average molecular weight is 536 g/mol. The summed E-state index contributed by atoms with van der Waals surface area (Å²) in [6.07, 6.45) is 6.34. The molecule has 3 aromatic carbocycles. The summed E-state index contributed by atoms with van der Waals surface area (Å²) in [5.41, 5.74) is 6.37. The van der Waals surface area contributed by atoms with E-state index in [1.54, 1.807) is 4.57 Å². The van der Waals surface area contributed by atoms with E-state index in [1.807, 2.05) is 74.5 Å². The van der Waals surface area contributed by atoms with Crippen molar-refractivity contribution >= 4 is 23.4 Å². The highest BCUT2D eigenvalue weighted by Gasteiger charge is 2.43. The van der Waals surface area contributed by atoms with Gasteiger partial charge in [0, 0.05) is 16.7 Å². The van der Waals surface area contributed by atoms with Crippen molar-refractivity contribution in [3.05, 3.63) is 106 Å². The number of carbonyl (C=O) groups is 1. The third kappa shape index (κ3) is 4.82. The Morgan fingerprint density at radius 3 is 2.49 bits per heavy atom. The van der Waals surface area contributed by atoms with Crippen LogP contribution in [-0.4, -0.2) is 20.7 Å². The van der Waals surface area contributed by atoms with E-state index in [1.165, 1.54) is 23.7 Å². The van der Waals surface area contributed by atoms with Gasteiger partial charge in [-0.15, -0.1) is 0 Å². The maximum absolute atomic E-state index is 14.7. The van der Waals surface area contributed by atoms with Gasteiger partial charge in [0.1, 0.15) is 0 Å². The topological polar surface area (TPSA) is 64.0 Å². The first-order valence-electron chi connectivity index (χ1n) is 13.8. The van der Waals surface area contributed by atoms with Crippen molar-refractivity contribution in [1.82, 2.24) is 9.55 Å². The first-order chi connectivity index (χ1) is 18.9. The molecule has 1 amide bonds. The van der Waals surface area contributed by atoms with Gasteiger partial charge in [0.2, 0.25) is 5.91 Å². The predicted molar refractivity (Wildman–Crippen MR) is 159 cm³/mol. The van der Waals surface area contributed by atoms with Crippen LogP contribution in [0.3, 0.4) is 0 Å². The summed E-state index contributed by atoms with van der Waals surface area (Å²) in [7, 11) is 0. The Morgan fingerprint density at radius 1 is 0.974 bits per heavy atom. The fourth-order valence-electron chi connectivity index (χ4n) is 6.24. The van der Waals surface area contributed by atoms with Crippen LogP contribution in [0.5, 0.6) is 0 Å². The number of anilines is 1. The molecule has 5 nitrogen and oxygen atoms in total. The third-order valence-corrected chi connectivity index (χ3v) is 9.20. The lowest BCUT2D eigenvalue weighted by atomic mass is 9.62. The molecular formula is C33H33N3O2S. The van der Waals surface area contributed by atoms with Crippen LogP contribution in [0.25, 0.3) is 16.9 Å². The highest BCUT2D eigenvalue weighted by Crippen LogP contribution is 2.49. The van der Waals surface area contributed by atoms with Crippen LogP contribution in [0.1, 0.15) is 55.7 Å². The smallest absolute Gasteiger partial charge is 0.263 e. The lowest BCUT2D eigenvalue weighted by molar-refractivity contribution is -0.115. The van der Waals surface area contributed by atoms with Gasteiger partial charge in [-0.3, -0.25) is 14.2 Å². The van der Waals surface area contributed by atoms with E-state index >= 15 is 0 Å². The van der Waals surface area contributed by atoms with Crippen molar-refractivity contribution in [2.75, 3.05) is 5.32 Å². The summed E-state index contributed by atoms with van der Waals surface area (Å²) in [5, 5.41) is 3.07. The van der Waals surface area contributed by atoms with Crippen LogP contribution in [0.4, 0.5) is 5.69 Å². The molecule has 1 fully saturated rings. The minimum Gasteiger partial charge on any atom is -0.325 e. The summed E-state index contributed by atoms with van der Waals surface area (Å²) < 4.78 is 1.76. The van der Waals surface area contributed by atoms with Gasteiger partial charge in [-0.1, -0.05) is 85.6 Å². The Labute approximate surface area is 233 Å². The second-order valence-corrected chi connectivity index (χ2v) is 12.2. The summed E-state index contributed by atoms with van der Waals surface area (Å²) >= 11 is 1.33. The lowest BCUT2D eigenvalue weighted by Crippen LogP contribution is -2.43. The van der Waals surface area contributed by atoms with Gasteiger partial charge in [0.25, 0.3) is 5.56 Å². The lowest BCUT2D eigenvalue weighted by Gasteiger charge is -2.42. The van der Waals surface area contributed by atoms with E-state index < -0.39 is 5.25 Å². The van der Waals surface area contributed by atoms with Gasteiger partial charge >= 0.3 is 0 Å². The number of rotatable bonds is 5. The molecule has 6 rings (SSSR count). The van der Waals surface area contributed by atoms with Gasteiger partial charge in [-0.2, -0.15) is 0 Å². The van der Waals surface area contributed by atoms with Crippen LogP contribution in [0, 0.1) is 6.92 Å². The molecule has 4 aromatic rings. The predicted octanol–water partition coefficient (Wildman–Crippen LogP) is 7.09. The average Bonchev–Trinajstić information content (AvgIpc) is 2.94. The number of aromatic nitrogens is 2. The van der Waals surface area contributed by atoms with Crippen LogP contribution < -0.4 is 10.9 Å². The number of carbonyl (C=O) groups excluding carboxylic acids is 1. The molecule has 39 heavy (non-hydrogen) atoms. The van der Waals surface area contributed by atoms with Crippen LogP contribution in [0.2, 0.25) is 0 Å². The molecule has 0 aliphatic heterocycles. The molecule has 2 aliphatic carbocycles. The molecule has 0 radical (unpaired) electrons. The quantitative estimate of drug-likeness (QED) is 0.219. The van der Waals surface area contributed by atoms with Crippen LogP contribution in [-0.2, 0) is 16.6 Å². The third-order valence-electron chi connectivity index (χ3n) is 8.15. The normalized spacial score (nSPS) is 16.3. The Balaban J connectivity index is 1.52. The van der Waals surface area contributed by atoms with E-state index in [9.17, 15) is 9.59 Å². The zero-order chi connectivity index (χ0) is 27.0. The molecule has 1 spiro atoms. The van der Waals surface area contributed by atoms with Crippen LogP contribution >= 0.6 is 11.8 Å². The summed E-state index contributed by atoms with van der Waals surface area (Å²) in [6, 6.07) is 25.8. The number of thioether (sulfide) groups is 1. The molecule has 1 atom stereocenters. The number of nitrogens with zero attached hydrogens (tertiary/aromatic N) is 2.